The molecule has 0 aliphatic rings. The molecule has 4 nitrogen and oxygen atoms in total. The average Bonchev–Trinajstić information content (AvgIpc) is 3.23. The van der Waals surface area contributed by atoms with Crippen LogP contribution in [-0.2, 0) is 6.54 Å². The molecular weight excluding hydrogens is 344 g/mol. The van der Waals surface area contributed by atoms with Gasteiger partial charge in [0.15, 0.2) is 0 Å². The number of aryl methyl sites for hydroxylation is 2. The third-order valence-electron chi connectivity index (χ3n) is 5.17. The van der Waals surface area contributed by atoms with Crippen LogP contribution in [0, 0.1) is 32.1 Å². The van der Waals surface area contributed by atoms with Crippen LogP contribution in [0.4, 0.5) is 0 Å². The Kier molecular flexibility index (Phi) is 4.58. The molecule has 0 radical (unpaired) electrons. The predicted octanol–water partition coefficient (Wildman–Crippen LogP) is 5.36. The molecule has 4 rings (SSSR count). The first-order valence-corrected chi connectivity index (χ1v) is 9.34. The summed E-state index contributed by atoms with van der Waals surface area (Å²) in [6.07, 6.45) is 3.79. The molecule has 0 fully saturated rings. The monoisotopic (exact) mass is 366 g/mol. The van der Waals surface area contributed by atoms with Gasteiger partial charge in [0.25, 0.3) is 0 Å². The number of nitriles is 1. The van der Waals surface area contributed by atoms with Crippen LogP contribution in [-0.4, -0.2) is 14.1 Å². The van der Waals surface area contributed by atoms with Crippen molar-refractivity contribution in [2.75, 3.05) is 0 Å². The topological polar surface area (TPSA) is 46.5 Å². The van der Waals surface area contributed by atoms with Crippen molar-refractivity contribution < 1.29 is 0 Å². The van der Waals surface area contributed by atoms with E-state index in [1.165, 1.54) is 11.3 Å². The maximum Gasteiger partial charge on any atom is 0.0966 e. The number of nitrogens with zero attached hydrogens (tertiary/aromatic N) is 4. The Balaban J connectivity index is 1.73. The van der Waals surface area contributed by atoms with E-state index in [4.69, 9.17) is 0 Å². The SMILES string of the molecule is Cc1ccccc1-n1c(C)cc(/C=C(/C#N)Cn2cnc3ccccc32)c1C. The van der Waals surface area contributed by atoms with Crippen molar-refractivity contribution >= 4 is 17.1 Å². The van der Waals surface area contributed by atoms with Crippen LogP contribution in [0.5, 0.6) is 0 Å². The fourth-order valence-electron chi connectivity index (χ4n) is 3.74. The van der Waals surface area contributed by atoms with Gasteiger partial charge in [-0.3, -0.25) is 0 Å². The van der Waals surface area contributed by atoms with Crippen molar-refractivity contribution in [3.05, 3.63) is 89.0 Å². The second kappa shape index (κ2) is 7.21. The lowest BCUT2D eigenvalue weighted by molar-refractivity contribution is 0.830. The minimum absolute atomic E-state index is 0.505. The first-order chi connectivity index (χ1) is 13.6. The summed E-state index contributed by atoms with van der Waals surface area (Å²) < 4.78 is 4.27. The summed E-state index contributed by atoms with van der Waals surface area (Å²) in [6.45, 7) is 6.83. The largest absolute Gasteiger partial charge is 0.325 e. The van der Waals surface area contributed by atoms with Crippen LogP contribution in [0.15, 0.2) is 66.5 Å². The molecule has 0 N–H and O–H groups in total. The van der Waals surface area contributed by atoms with Crippen molar-refractivity contribution in [2.24, 2.45) is 0 Å². The third-order valence-corrected chi connectivity index (χ3v) is 5.17. The van der Waals surface area contributed by atoms with E-state index in [1.54, 1.807) is 6.33 Å². The normalized spacial score (nSPS) is 11.7. The highest BCUT2D eigenvalue weighted by atomic mass is 15.0. The number of hydrogen-bond donors (Lipinski definition) is 0. The highest BCUT2D eigenvalue weighted by Gasteiger charge is 2.12. The van der Waals surface area contributed by atoms with E-state index in [0.29, 0.717) is 12.1 Å². The lowest BCUT2D eigenvalue weighted by Gasteiger charge is -2.12. The molecule has 0 bridgehead atoms. The molecule has 0 amide bonds. The summed E-state index contributed by atoms with van der Waals surface area (Å²) in [5.41, 5.74) is 8.45. The third kappa shape index (κ3) is 3.12. The van der Waals surface area contributed by atoms with Gasteiger partial charge in [0.1, 0.15) is 0 Å². The molecule has 4 aromatic rings. The van der Waals surface area contributed by atoms with Crippen LogP contribution in [0.2, 0.25) is 0 Å². The van der Waals surface area contributed by atoms with Gasteiger partial charge < -0.3 is 9.13 Å². The Morgan fingerprint density at radius 2 is 1.82 bits per heavy atom. The lowest BCUT2D eigenvalue weighted by Crippen LogP contribution is -2.01. The average molecular weight is 366 g/mol. The van der Waals surface area contributed by atoms with Crippen molar-refractivity contribution in [3.63, 3.8) is 0 Å². The van der Waals surface area contributed by atoms with Gasteiger partial charge >= 0.3 is 0 Å². The second-order valence-electron chi connectivity index (χ2n) is 7.09. The predicted molar refractivity (Wildman–Crippen MR) is 113 cm³/mol. The van der Waals surface area contributed by atoms with E-state index in [-0.39, 0.29) is 0 Å². The molecule has 0 aliphatic carbocycles. The first kappa shape index (κ1) is 17.8. The summed E-state index contributed by atoms with van der Waals surface area (Å²) in [4.78, 5) is 4.42. The Morgan fingerprint density at radius 1 is 1.07 bits per heavy atom. The zero-order valence-corrected chi connectivity index (χ0v) is 16.3. The van der Waals surface area contributed by atoms with Gasteiger partial charge in [0, 0.05) is 22.6 Å². The summed E-state index contributed by atoms with van der Waals surface area (Å²) in [6, 6.07) is 20.8. The number of allylic oxidation sites excluding steroid dienone is 1. The van der Waals surface area contributed by atoms with E-state index in [0.717, 1.165) is 28.0 Å². The molecule has 4 heteroatoms. The smallest absolute Gasteiger partial charge is 0.0966 e. The van der Waals surface area contributed by atoms with E-state index >= 15 is 0 Å². The number of para-hydroxylation sites is 3. The van der Waals surface area contributed by atoms with Crippen molar-refractivity contribution in [1.29, 1.82) is 5.26 Å². The maximum atomic E-state index is 9.73. The number of rotatable bonds is 4. The minimum Gasteiger partial charge on any atom is -0.325 e. The Hall–Kier alpha value is -3.58. The molecule has 0 atom stereocenters. The molecule has 0 saturated heterocycles. The summed E-state index contributed by atoms with van der Waals surface area (Å²) in [7, 11) is 0. The van der Waals surface area contributed by atoms with Gasteiger partial charge in [-0.05, 0) is 62.2 Å². The van der Waals surface area contributed by atoms with Crippen LogP contribution >= 0.6 is 0 Å². The molecule has 2 heterocycles. The van der Waals surface area contributed by atoms with Gasteiger partial charge in [-0.15, -0.1) is 0 Å². The lowest BCUT2D eigenvalue weighted by atomic mass is 10.1. The van der Waals surface area contributed by atoms with Crippen molar-refractivity contribution in [3.8, 4) is 11.8 Å². The van der Waals surface area contributed by atoms with Crippen molar-refractivity contribution in [2.45, 2.75) is 27.3 Å². The molecule has 0 aliphatic heterocycles. The summed E-state index contributed by atoms with van der Waals surface area (Å²) >= 11 is 0. The number of benzene rings is 2. The van der Waals surface area contributed by atoms with Crippen LogP contribution < -0.4 is 0 Å². The number of hydrogen-bond acceptors (Lipinski definition) is 2. The van der Waals surface area contributed by atoms with Gasteiger partial charge in [0.05, 0.1) is 30.0 Å². The number of fused-ring (bicyclic) bond motifs is 1. The second-order valence-corrected chi connectivity index (χ2v) is 7.09. The molecular formula is C24H22N4. The highest BCUT2D eigenvalue weighted by Crippen LogP contribution is 2.25. The minimum atomic E-state index is 0.505. The molecule has 0 unspecified atom stereocenters. The first-order valence-electron chi connectivity index (χ1n) is 9.34. The maximum absolute atomic E-state index is 9.73. The van der Waals surface area contributed by atoms with Gasteiger partial charge in [-0.2, -0.15) is 5.26 Å². The quantitative estimate of drug-likeness (QED) is 0.457. The van der Waals surface area contributed by atoms with Gasteiger partial charge in [-0.25, -0.2) is 4.98 Å². The Bertz CT molecular complexity index is 1230. The van der Waals surface area contributed by atoms with Crippen LogP contribution in [0.25, 0.3) is 22.8 Å². The highest BCUT2D eigenvalue weighted by molar-refractivity contribution is 5.75. The Labute approximate surface area is 165 Å². The van der Waals surface area contributed by atoms with Gasteiger partial charge in [0.2, 0.25) is 0 Å². The summed E-state index contributed by atoms with van der Waals surface area (Å²) in [5.74, 6) is 0. The zero-order valence-electron chi connectivity index (χ0n) is 16.3. The van der Waals surface area contributed by atoms with Crippen molar-refractivity contribution in [1.82, 2.24) is 14.1 Å². The zero-order chi connectivity index (χ0) is 19.7. The number of imidazole rings is 1. The van der Waals surface area contributed by atoms with Crippen LogP contribution in [0.1, 0.15) is 22.5 Å². The molecule has 138 valence electrons. The van der Waals surface area contributed by atoms with E-state index in [1.807, 2.05) is 34.9 Å². The Morgan fingerprint density at radius 3 is 2.61 bits per heavy atom. The molecule has 0 spiro atoms. The van der Waals surface area contributed by atoms with Crippen LogP contribution in [0.3, 0.4) is 0 Å². The van der Waals surface area contributed by atoms with Gasteiger partial charge in [-0.1, -0.05) is 30.3 Å². The molecule has 28 heavy (non-hydrogen) atoms. The fraction of sp³-hybridized carbons (Fsp3) is 0.167. The standard InChI is InChI=1S/C24H22N4/c1-17-8-4-6-10-23(17)28-18(2)12-21(19(28)3)13-20(14-25)15-27-16-26-22-9-5-7-11-24(22)27/h4-13,16H,15H2,1-3H3/b20-13-. The molecule has 2 aromatic carbocycles. The van der Waals surface area contributed by atoms with E-state index in [9.17, 15) is 5.26 Å². The van der Waals surface area contributed by atoms with E-state index < -0.39 is 0 Å². The number of aromatic nitrogens is 3. The molecule has 2 aromatic heterocycles. The van der Waals surface area contributed by atoms with E-state index in [2.05, 4.69) is 66.7 Å². The fourth-order valence-corrected chi connectivity index (χ4v) is 3.74. The summed E-state index contributed by atoms with van der Waals surface area (Å²) in [5, 5.41) is 9.73. The molecule has 0 saturated carbocycles.